The van der Waals surface area contributed by atoms with E-state index < -0.39 is 11.6 Å². The topological polar surface area (TPSA) is 94.7 Å². The van der Waals surface area contributed by atoms with Crippen LogP contribution in [0.25, 0.3) is 0 Å². The number of nitrogens with zero attached hydrogens (tertiary/aromatic N) is 2. The molecule has 0 saturated carbocycles. The summed E-state index contributed by atoms with van der Waals surface area (Å²) >= 11 is 0. The third kappa shape index (κ3) is 4.76. The third-order valence-electron chi connectivity index (χ3n) is 1.23. The second kappa shape index (κ2) is 7.06. The first-order chi connectivity index (χ1) is 6.26. The molecule has 0 aliphatic heterocycles. The van der Waals surface area contributed by atoms with Crippen LogP contribution in [0.3, 0.4) is 0 Å². The van der Waals surface area contributed by atoms with Crippen LogP contribution in [0.15, 0.2) is 5.16 Å². The molecule has 0 atom stereocenters. The largest absolute Gasteiger partial charge is 0.410 e. The van der Waals surface area contributed by atoms with Gasteiger partial charge < -0.3 is 15.3 Å². The summed E-state index contributed by atoms with van der Waals surface area (Å²) < 4.78 is 4.74. The quantitative estimate of drug-likeness (QED) is 0.261. The van der Waals surface area contributed by atoms with E-state index in [-0.39, 0.29) is 0 Å². The van der Waals surface area contributed by atoms with Gasteiger partial charge >= 0.3 is 0 Å². The number of nitriles is 1. The Kier molecular flexibility index (Phi) is 6.19. The van der Waals surface area contributed by atoms with Crippen LogP contribution in [0.1, 0.15) is 6.42 Å². The zero-order valence-electron chi connectivity index (χ0n) is 7.28. The molecule has 6 nitrogen and oxygen atoms in total. The Morgan fingerprint density at radius 2 is 2.46 bits per heavy atom. The fourth-order valence-corrected chi connectivity index (χ4v) is 0.621. The molecule has 6 heteroatoms. The first kappa shape index (κ1) is 11.4. The predicted molar refractivity (Wildman–Crippen MR) is 44.3 cm³/mol. The molecule has 0 aromatic heterocycles. The zero-order valence-corrected chi connectivity index (χ0v) is 7.28. The lowest BCUT2D eigenvalue weighted by Gasteiger charge is -2.01. The summed E-state index contributed by atoms with van der Waals surface area (Å²) in [5.41, 5.74) is -0.544. The van der Waals surface area contributed by atoms with E-state index in [2.05, 4.69) is 10.5 Å². The third-order valence-corrected chi connectivity index (χ3v) is 1.23. The summed E-state index contributed by atoms with van der Waals surface area (Å²) in [5, 5.41) is 21.4. The number of oxime groups is 1. The fraction of sp³-hybridized carbons (Fsp3) is 0.571. The van der Waals surface area contributed by atoms with Crippen LogP contribution in [-0.4, -0.2) is 37.1 Å². The molecule has 0 spiro atoms. The van der Waals surface area contributed by atoms with Crippen molar-refractivity contribution in [2.24, 2.45) is 5.16 Å². The fourth-order valence-electron chi connectivity index (χ4n) is 0.621. The molecule has 0 radical (unpaired) electrons. The number of carbonyl (C=O) groups is 1. The van der Waals surface area contributed by atoms with Crippen LogP contribution >= 0.6 is 0 Å². The molecular formula is C7H11N3O3. The molecule has 13 heavy (non-hydrogen) atoms. The smallest absolute Gasteiger partial charge is 0.284 e. The summed E-state index contributed by atoms with van der Waals surface area (Å²) in [6.07, 6.45) is 0.645. The second-order valence-electron chi connectivity index (χ2n) is 2.16. The van der Waals surface area contributed by atoms with Crippen LogP contribution in [0.5, 0.6) is 0 Å². The average Bonchev–Trinajstić information content (AvgIpc) is 2.14. The maximum atomic E-state index is 10.9. The summed E-state index contributed by atoms with van der Waals surface area (Å²) in [6.45, 7) is 0.909. The number of amides is 1. The Labute approximate surface area is 75.8 Å². The highest BCUT2D eigenvalue weighted by atomic mass is 16.5. The van der Waals surface area contributed by atoms with Gasteiger partial charge in [-0.2, -0.15) is 5.26 Å². The monoisotopic (exact) mass is 185 g/mol. The van der Waals surface area contributed by atoms with Crippen LogP contribution in [0.2, 0.25) is 0 Å². The van der Waals surface area contributed by atoms with Crippen molar-refractivity contribution in [1.29, 1.82) is 5.26 Å². The molecule has 0 saturated heterocycles. The van der Waals surface area contributed by atoms with E-state index in [1.807, 2.05) is 0 Å². The molecule has 0 unspecified atom stereocenters. The van der Waals surface area contributed by atoms with Gasteiger partial charge in [0.15, 0.2) is 0 Å². The summed E-state index contributed by atoms with van der Waals surface area (Å²) in [6, 6.07) is 1.45. The summed E-state index contributed by atoms with van der Waals surface area (Å²) in [4.78, 5) is 10.9. The Bertz CT molecular complexity index is 232. The highest BCUT2D eigenvalue weighted by molar-refractivity contribution is 6.44. The van der Waals surface area contributed by atoms with Gasteiger partial charge in [0, 0.05) is 20.3 Å². The van der Waals surface area contributed by atoms with Gasteiger partial charge in [-0.1, -0.05) is 5.16 Å². The Morgan fingerprint density at radius 1 is 1.77 bits per heavy atom. The van der Waals surface area contributed by atoms with Gasteiger partial charge in [-0.3, -0.25) is 4.79 Å². The molecule has 2 N–H and O–H groups in total. The van der Waals surface area contributed by atoms with E-state index in [9.17, 15) is 4.79 Å². The van der Waals surface area contributed by atoms with Crippen molar-refractivity contribution in [3.63, 3.8) is 0 Å². The van der Waals surface area contributed by atoms with Crippen LogP contribution in [0, 0.1) is 11.3 Å². The highest BCUT2D eigenvalue weighted by Crippen LogP contribution is 1.79. The molecule has 0 bridgehead atoms. The molecule has 0 rings (SSSR count). The van der Waals surface area contributed by atoms with Gasteiger partial charge in [0.1, 0.15) is 6.07 Å². The van der Waals surface area contributed by atoms with Crippen molar-refractivity contribution in [1.82, 2.24) is 5.32 Å². The van der Waals surface area contributed by atoms with Gasteiger partial charge in [-0.25, -0.2) is 0 Å². The number of carbonyl (C=O) groups excluding carboxylic acids is 1. The second-order valence-corrected chi connectivity index (χ2v) is 2.16. The van der Waals surface area contributed by atoms with E-state index in [1.165, 1.54) is 6.07 Å². The lowest BCUT2D eigenvalue weighted by Crippen LogP contribution is -2.31. The Balaban J connectivity index is 3.70. The standard InChI is InChI=1S/C7H11N3O3/c1-13-4-2-3-9-7(11)6(5-8)10-12/h12H,2-4H2,1H3,(H,9,11)/b10-6+. The minimum atomic E-state index is -0.680. The highest BCUT2D eigenvalue weighted by Gasteiger charge is 2.09. The molecule has 0 aliphatic rings. The Hall–Kier alpha value is -1.61. The number of methoxy groups -OCH3 is 1. The maximum Gasteiger partial charge on any atom is 0.284 e. The van der Waals surface area contributed by atoms with E-state index >= 15 is 0 Å². The van der Waals surface area contributed by atoms with E-state index in [0.29, 0.717) is 19.6 Å². The van der Waals surface area contributed by atoms with Crippen molar-refractivity contribution in [3.05, 3.63) is 0 Å². The number of hydrogen-bond donors (Lipinski definition) is 2. The Morgan fingerprint density at radius 3 is 2.92 bits per heavy atom. The van der Waals surface area contributed by atoms with E-state index in [0.717, 1.165) is 0 Å². The first-order valence-electron chi connectivity index (χ1n) is 3.65. The SMILES string of the molecule is COCCCNC(=O)/C(C#N)=N/O. The van der Waals surface area contributed by atoms with Gasteiger partial charge in [0.05, 0.1) is 0 Å². The molecule has 0 fully saturated rings. The number of hydrogen-bond acceptors (Lipinski definition) is 5. The van der Waals surface area contributed by atoms with Gasteiger partial charge in [0.25, 0.3) is 5.91 Å². The van der Waals surface area contributed by atoms with Crippen LogP contribution < -0.4 is 5.32 Å². The normalized spacial score (nSPS) is 10.6. The summed E-state index contributed by atoms with van der Waals surface area (Å²) in [5.74, 6) is -0.680. The van der Waals surface area contributed by atoms with Gasteiger partial charge in [-0.05, 0) is 6.42 Å². The van der Waals surface area contributed by atoms with Gasteiger partial charge in [-0.15, -0.1) is 0 Å². The zero-order chi connectivity index (χ0) is 10.1. The minimum Gasteiger partial charge on any atom is -0.410 e. The lowest BCUT2D eigenvalue weighted by atomic mass is 10.3. The van der Waals surface area contributed by atoms with Crippen LogP contribution in [0.4, 0.5) is 0 Å². The van der Waals surface area contributed by atoms with Gasteiger partial charge in [0.2, 0.25) is 5.71 Å². The predicted octanol–water partition coefficient (Wildman–Crippen LogP) is -0.507. The van der Waals surface area contributed by atoms with Crippen molar-refractivity contribution >= 4 is 11.6 Å². The minimum absolute atomic E-state index is 0.382. The molecule has 1 amide bonds. The van der Waals surface area contributed by atoms with E-state index in [1.54, 1.807) is 7.11 Å². The first-order valence-corrected chi connectivity index (χ1v) is 3.65. The molecule has 72 valence electrons. The van der Waals surface area contributed by atoms with Crippen LogP contribution in [-0.2, 0) is 9.53 Å². The molecule has 0 aromatic rings. The number of rotatable bonds is 5. The lowest BCUT2D eigenvalue weighted by molar-refractivity contribution is -0.114. The van der Waals surface area contributed by atoms with Crippen molar-refractivity contribution in [2.45, 2.75) is 6.42 Å². The average molecular weight is 185 g/mol. The van der Waals surface area contributed by atoms with Crippen molar-refractivity contribution in [3.8, 4) is 6.07 Å². The summed E-state index contributed by atoms with van der Waals surface area (Å²) in [7, 11) is 1.55. The molecule has 0 aliphatic carbocycles. The van der Waals surface area contributed by atoms with Crippen molar-refractivity contribution < 1.29 is 14.7 Å². The number of ether oxygens (including phenoxy) is 1. The van der Waals surface area contributed by atoms with E-state index in [4.69, 9.17) is 15.2 Å². The molecule has 0 heterocycles. The molecular weight excluding hydrogens is 174 g/mol. The number of nitrogens with one attached hydrogen (secondary N) is 1. The van der Waals surface area contributed by atoms with Crippen molar-refractivity contribution in [2.75, 3.05) is 20.3 Å². The maximum absolute atomic E-state index is 10.9. The molecule has 0 aromatic carbocycles.